The number of hydrogen-bond donors (Lipinski definition) is 1. The number of rotatable bonds is 1. The minimum absolute atomic E-state index is 0.228. The summed E-state index contributed by atoms with van der Waals surface area (Å²) in [6, 6.07) is 7.87. The van der Waals surface area contributed by atoms with Crippen LogP contribution in [0.4, 0.5) is 0 Å². The van der Waals surface area contributed by atoms with Gasteiger partial charge < -0.3 is 0 Å². The van der Waals surface area contributed by atoms with Crippen molar-refractivity contribution in [2.24, 2.45) is 0 Å². The van der Waals surface area contributed by atoms with Crippen molar-refractivity contribution in [3.05, 3.63) is 52.1 Å². The predicted molar refractivity (Wildman–Crippen MR) is 69.0 cm³/mol. The summed E-state index contributed by atoms with van der Waals surface area (Å²) < 4.78 is 1.64. The number of aromatic amines is 1. The van der Waals surface area contributed by atoms with E-state index >= 15 is 0 Å². The molecule has 0 aliphatic heterocycles. The summed E-state index contributed by atoms with van der Waals surface area (Å²) in [7, 11) is 0. The molecule has 2 aromatic heterocycles. The number of aromatic nitrogens is 4. The molecule has 0 saturated carbocycles. The number of benzene rings is 1. The Morgan fingerprint density at radius 2 is 1.89 bits per heavy atom. The van der Waals surface area contributed by atoms with Crippen molar-refractivity contribution in [1.29, 1.82) is 0 Å². The first-order valence-corrected chi connectivity index (χ1v) is 5.67. The average Bonchev–Trinajstić information content (AvgIpc) is 2.81. The monoisotopic (exact) mass is 240 g/mol. The lowest BCUT2D eigenvalue weighted by molar-refractivity contribution is 0.892. The molecule has 1 aromatic carbocycles. The second kappa shape index (κ2) is 3.80. The number of nitrogens with zero attached hydrogens (tertiary/aromatic N) is 3. The van der Waals surface area contributed by atoms with Gasteiger partial charge in [0.1, 0.15) is 5.52 Å². The first-order chi connectivity index (χ1) is 8.66. The minimum atomic E-state index is -0.228. The van der Waals surface area contributed by atoms with Crippen molar-refractivity contribution in [3.63, 3.8) is 0 Å². The first kappa shape index (κ1) is 10.7. The molecule has 0 atom stereocenters. The molecule has 18 heavy (non-hydrogen) atoms. The minimum Gasteiger partial charge on any atom is -0.266 e. The average molecular weight is 240 g/mol. The van der Waals surface area contributed by atoms with E-state index in [4.69, 9.17) is 0 Å². The molecule has 0 aliphatic rings. The van der Waals surface area contributed by atoms with Crippen molar-refractivity contribution >= 4 is 10.9 Å². The van der Waals surface area contributed by atoms with Crippen LogP contribution >= 0.6 is 0 Å². The molecule has 0 radical (unpaired) electrons. The van der Waals surface area contributed by atoms with Crippen LogP contribution in [0.15, 0.2) is 35.3 Å². The van der Waals surface area contributed by atoms with Gasteiger partial charge in [-0.2, -0.15) is 10.2 Å². The quantitative estimate of drug-likeness (QED) is 0.704. The van der Waals surface area contributed by atoms with E-state index in [1.165, 1.54) is 5.56 Å². The molecule has 0 bridgehead atoms. The Hall–Kier alpha value is -2.43. The summed E-state index contributed by atoms with van der Waals surface area (Å²) in [5.74, 6) is 0. The molecule has 5 nitrogen and oxygen atoms in total. The topological polar surface area (TPSA) is 63.6 Å². The summed E-state index contributed by atoms with van der Waals surface area (Å²) in [5.41, 5.74) is 3.11. The van der Waals surface area contributed by atoms with Crippen molar-refractivity contribution in [2.75, 3.05) is 0 Å². The predicted octanol–water partition coefficient (Wildman–Crippen LogP) is 1.73. The summed E-state index contributed by atoms with van der Waals surface area (Å²) in [5, 5.41) is 11.5. The van der Waals surface area contributed by atoms with E-state index in [1.54, 1.807) is 10.9 Å². The fraction of sp³-hybridized carbons (Fsp3) is 0.154. The second-order valence-electron chi connectivity index (χ2n) is 4.29. The van der Waals surface area contributed by atoms with Crippen LogP contribution in [0.25, 0.3) is 16.6 Å². The highest BCUT2D eigenvalue weighted by Gasteiger charge is 2.11. The van der Waals surface area contributed by atoms with Gasteiger partial charge in [-0.15, -0.1) is 0 Å². The Labute approximate surface area is 103 Å². The molecule has 90 valence electrons. The van der Waals surface area contributed by atoms with E-state index < -0.39 is 0 Å². The lowest BCUT2D eigenvalue weighted by Gasteiger charge is -2.03. The van der Waals surface area contributed by atoms with E-state index in [9.17, 15) is 4.79 Å². The molecular formula is C13H12N4O. The van der Waals surface area contributed by atoms with Crippen molar-refractivity contribution in [1.82, 2.24) is 20.0 Å². The summed E-state index contributed by atoms with van der Waals surface area (Å²) >= 11 is 0. The molecule has 0 saturated heterocycles. The van der Waals surface area contributed by atoms with Crippen molar-refractivity contribution in [3.8, 4) is 5.69 Å². The highest BCUT2D eigenvalue weighted by molar-refractivity contribution is 5.81. The lowest BCUT2D eigenvalue weighted by atomic mass is 10.2. The highest BCUT2D eigenvalue weighted by Crippen LogP contribution is 2.16. The largest absolute Gasteiger partial charge is 0.290 e. The normalized spacial score (nSPS) is 11.0. The van der Waals surface area contributed by atoms with Crippen LogP contribution < -0.4 is 5.56 Å². The van der Waals surface area contributed by atoms with E-state index in [1.807, 2.05) is 38.1 Å². The Kier molecular flexibility index (Phi) is 2.26. The Balaban J connectivity index is 2.34. The Bertz CT molecular complexity index is 768. The maximum atomic E-state index is 11.9. The van der Waals surface area contributed by atoms with Gasteiger partial charge in [0.15, 0.2) is 0 Å². The first-order valence-electron chi connectivity index (χ1n) is 5.67. The maximum absolute atomic E-state index is 11.9. The van der Waals surface area contributed by atoms with Crippen LogP contribution in [0.1, 0.15) is 11.3 Å². The van der Waals surface area contributed by atoms with Gasteiger partial charge >= 0.3 is 0 Å². The van der Waals surface area contributed by atoms with Gasteiger partial charge in [-0.25, -0.2) is 9.78 Å². The number of fused-ring (bicyclic) bond motifs is 1. The molecule has 0 fully saturated rings. The summed E-state index contributed by atoms with van der Waals surface area (Å²) in [4.78, 5) is 11.9. The second-order valence-corrected chi connectivity index (χ2v) is 4.29. The van der Waals surface area contributed by atoms with E-state index in [2.05, 4.69) is 15.3 Å². The zero-order valence-electron chi connectivity index (χ0n) is 10.1. The smallest absolute Gasteiger partial charge is 0.266 e. The Morgan fingerprint density at radius 1 is 1.17 bits per heavy atom. The number of H-pyrrole nitrogens is 1. The molecule has 5 heteroatoms. The van der Waals surface area contributed by atoms with Crippen LogP contribution in [-0.2, 0) is 0 Å². The molecule has 3 aromatic rings. The van der Waals surface area contributed by atoms with Gasteiger partial charge in [0.25, 0.3) is 5.56 Å². The molecule has 0 unspecified atom stereocenters. The zero-order valence-corrected chi connectivity index (χ0v) is 10.1. The van der Waals surface area contributed by atoms with Crippen LogP contribution in [-0.4, -0.2) is 20.0 Å². The molecule has 0 spiro atoms. The molecule has 0 aliphatic carbocycles. The lowest BCUT2D eigenvalue weighted by Crippen LogP contribution is -2.13. The van der Waals surface area contributed by atoms with Gasteiger partial charge in [-0.1, -0.05) is 17.7 Å². The summed E-state index contributed by atoms with van der Waals surface area (Å²) in [6.45, 7) is 3.87. The molecule has 1 N–H and O–H groups in total. The van der Waals surface area contributed by atoms with Crippen LogP contribution in [0.2, 0.25) is 0 Å². The van der Waals surface area contributed by atoms with Crippen LogP contribution in [0.5, 0.6) is 0 Å². The van der Waals surface area contributed by atoms with Gasteiger partial charge in [0.05, 0.1) is 17.6 Å². The third kappa shape index (κ3) is 1.52. The van der Waals surface area contributed by atoms with E-state index in [-0.39, 0.29) is 5.56 Å². The SMILES string of the molecule is Cc1ccc(-n2ncc3c(C)n[nH]c(=O)c32)cc1. The third-order valence-electron chi connectivity index (χ3n) is 2.98. The maximum Gasteiger partial charge on any atom is 0.290 e. The third-order valence-corrected chi connectivity index (χ3v) is 2.98. The molecule has 2 heterocycles. The Morgan fingerprint density at radius 3 is 2.61 bits per heavy atom. The number of nitrogens with one attached hydrogen (secondary N) is 1. The van der Waals surface area contributed by atoms with Crippen LogP contribution in [0.3, 0.4) is 0 Å². The standard InChI is InChI=1S/C13H12N4O/c1-8-3-5-10(6-4-8)17-12-11(7-14-17)9(2)15-16-13(12)18/h3-7H,1-2H3,(H,16,18). The van der Waals surface area contributed by atoms with Gasteiger partial charge in [0.2, 0.25) is 0 Å². The van der Waals surface area contributed by atoms with E-state index in [0.29, 0.717) is 5.52 Å². The van der Waals surface area contributed by atoms with Crippen LogP contribution in [0, 0.1) is 13.8 Å². The van der Waals surface area contributed by atoms with Gasteiger partial charge in [0, 0.05) is 5.39 Å². The van der Waals surface area contributed by atoms with Crippen molar-refractivity contribution in [2.45, 2.75) is 13.8 Å². The van der Waals surface area contributed by atoms with E-state index in [0.717, 1.165) is 16.8 Å². The number of aryl methyl sites for hydroxylation is 2. The fourth-order valence-electron chi connectivity index (χ4n) is 1.96. The fourth-order valence-corrected chi connectivity index (χ4v) is 1.96. The molecule has 0 amide bonds. The zero-order chi connectivity index (χ0) is 12.7. The molecular weight excluding hydrogens is 228 g/mol. The van der Waals surface area contributed by atoms with Gasteiger partial charge in [-0.3, -0.25) is 4.79 Å². The van der Waals surface area contributed by atoms with Crippen molar-refractivity contribution < 1.29 is 0 Å². The number of hydrogen-bond acceptors (Lipinski definition) is 3. The highest BCUT2D eigenvalue weighted by atomic mass is 16.1. The summed E-state index contributed by atoms with van der Waals surface area (Å²) in [6.07, 6.45) is 1.67. The molecule has 3 rings (SSSR count). The van der Waals surface area contributed by atoms with Gasteiger partial charge in [-0.05, 0) is 26.0 Å².